The van der Waals surface area contributed by atoms with Crippen LogP contribution >= 0.6 is 24.0 Å². The van der Waals surface area contributed by atoms with Gasteiger partial charge in [-0.3, -0.25) is 0 Å². The van der Waals surface area contributed by atoms with Crippen molar-refractivity contribution in [1.29, 1.82) is 0 Å². The number of aromatic nitrogens is 2. The van der Waals surface area contributed by atoms with Gasteiger partial charge in [0.1, 0.15) is 0 Å². The Balaban J connectivity index is 0.00000441. The number of halogens is 1. The molecule has 0 spiro atoms. The van der Waals surface area contributed by atoms with E-state index >= 15 is 0 Å². The number of aliphatic imine (C=N–C) groups is 1. The largest absolute Gasteiger partial charge is 0.481 e. The molecule has 0 aliphatic rings. The molecule has 0 unspecified atom stereocenters. The molecule has 0 saturated heterocycles. The predicted octanol–water partition coefficient (Wildman–Crippen LogP) is 2.59. The molecule has 0 amide bonds. The van der Waals surface area contributed by atoms with Crippen LogP contribution < -0.4 is 15.8 Å². The van der Waals surface area contributed by atoms with E-state index in [-0.39, 0.29) is 24.0 Å². The molecule has 1 rings (SSSR count). The number of hydrogen-bond acceptors (Lipinski definition) is 3. The van der Waals surface area contributed by atoms with Crippen LogP contribution in [0, 0.1) is 0 Å². The van der Waals surface area contributed by atoms with Gasteiger partial charge in [0.25, 0.3) is 0 Å². The van der Waals surface area contributed by atoms with E-state index in [1.165, 1.54) is 19.3 Å². The minimum atomic E-state index is 0. The van der Waals surface area contributed by atoms with Crippen molar-refractivity contribution < 1.29 is 4.74 Å². The van der Waals surface area contributed by atoms with Gasteiger partial charge >= 0.3 is 0 Å². The van der Waals surface area contributed by atoms with E-state index in [1.54, 1.807) is 11.8 Å². The van der Waals surface area contributed by atoms with Crippen LogP contribution in [0.4, 0.5) is 0 Å². The first-order valence-electron chi connectivity index (χ1n) is 7.76. The molecule has 0 aromatic carbocycles. The summed E-state index contributed by atoms with van der Waals surface area (Å²) in [4.78, 5) is 4.39. The molecular formula is C15H30IN5O. The fourth-order valence-electron chi connectivity index (χ4n) is 2.29. The SMILES string of the molecule is CCCCCCNC(N)=NCc1c(CC)nn(C)c1OC.I. The van der Waals surface area contributed by atoms with Crippen molar-refractivity contribution in [2.24, 2.45) is 17.8 Å². The van der Waals surface area contributed by atoms with Gasteiger partial charge in [-0.1, -0.05) is 33.1 Å². The molecule has 3 N–H and O–H groups in total. The third kappa shape index (κ3) is 6.41. The molecule has 0 radical (unpaired) electrons. The van der Waals surface area contributed by atoms with Crippen molar-refractivity contribution in [1.82, 2.24) is 15.1 Å². The number of unbranched alkanes of at least 4 members (excludes halogenated alkanes) is 3. The normalized spacial score (nSPS) is 11.2. The maximum Gasteiger partial charge on any atom is 0.216 e. The standard InChI is InChI=1S/C15H29N5O.HI/c1-5-7-8-9-10-17-15(16)18-11-12-13(6-2)19-20(3)14(12)21-4;/h5-11H2,1-4H3,(H3,16,17,18);1H. The van der Waals surface area contributed by atoms with Crippen molar-refractivity contribution in [3.8, 4) is 5.88 Å². The molecule has 1 heterocycles. The fraction of sp³-hybridized carbons (Fsp3) is 0.733. The number of nitrogens with one attached hydrogen (secondary N) is 1. The van der Waals surface area contributed by atoms with Gasteiger partial charge in [-0.2, -0.15) is 5.10 Å². The molecule has 128 valence electrons. The summed E-state index contributed by atoms with van der Waals surface area (Å²) in [5, 5.41) is 7.59. The first-order valence-corrected chi connectivity index (χ1v) is 7.76. The van der Waals surface area contributed by atoms with Gasteiger partial charge in [-0.15, -0.1) is 24.0 Å². The molecule has 0 aliphatic carbocycles. The van der Waals surface area contributed by atoms with E-state index in [4.69, 9.17) is 10.5 Å². The minimum Gasteiger partial charge on any atom is -0.481 e. The van der Waals surface area contributed by atoms with Gasteiger partial charge in [0, 0.05) is 13.6 Å². The van der Waals surface area contributed by atoms with Crippen LogP contribution in [0.25, 0.3) is 0 Å². The molecule has 0 bridgehead atoms. The Morgan fingerprint density at radius 3 is 2.64 bits per heavy atom. The highest BCUT2D eigenvalue weighted by molar-refractivity contribution is 14.0. The van der Waals surface area contributed by atoms with Crippen LogP contribution in [0.2, 0.25) is 0 Å². The summed E-state index contributed by atoms with van der Waals surface area (Å²) in [6.07, 6.45) is 5.72. The second-order valence-electron chi connectivity index (χ2n) is 5.10. The Morgan fingerprint density at radius 1 is 1.32 bits per heavy atom. The third-order valence-electron chi connectivity index (χ3n) is 3.44. The maximum atomic E-state index is 5.90. The van der Waals surface area contributed by atoms with Gasteiger partial charge in [0.2, 0.25) is 5.88 Å². The van der Waals surface area contributed by atoms with Crippen molar-refractivity contribution in [2.45, 2.75) is 52.5 Å². The summed E-state index contributed by atoms with van der Waals surface area (Å²) in [6.45, 7) is 5.65. The van der Waals surface area contributed by atoms with Gasteiger partial charge in [0.15, 0.2) is 5.96 Å². The van der Waals surface area contributed by atoms with Gasteiger partial charge in [-0.25, -0.2) is 9.67 Å². The second kappa shape index (κ2) is 11.6. The number of hydrogen-bond donors (Lipinski definition) is 2. The Kier molecular flexibility index (Phi) is 11.0. The lowest BCUT2D eigenvalue weighted by Crippen LogP contribution is -2.32. The smallest absolute Gasteiger partial charge is 0.216 e. The average molecular weight is 423 g/mol. The van der Waals surface area contributed by atoms with Crippen molar-refractivity contribution in [3.63, 3.8) is 0 Å². The van der Waals surface area contributed by atoms with Gasteiger partial charge < -0.3 is 15.8 Å². The van der Waals surface area contributed by atoms with Crippen molar-refractivity contribution in [2.75, 3.05) is 13.7 Å². The summed E-state index contributed by atoms with van der Waals surface area (Å²) >= 11 is 0. The molecular weight excluding hydrogens is 393 g/mol. The highest BCUT2D eigenvalue weighted by atomic mass is 127. The summed E-state index contributed by atoms with van der Waals surface area (Å²) in [7, 11) is 3.53. The van der Waals surface area contributed by atoms with Crippen LogP contribution in [0.15, 0.2) is 4.99 Å². The molecule has 7 heteroatoms. The second-order valence-corrected chi connectivity index (χ2v) is 5.10. The zero-order valence-electron chi connectivity index (χ0n) is 14.2. The van der Waals surface area contributed by atoms with Crippen molar-refractivity contribution >= 4 is 29.9 Å². The molecule has 22 heavy (non-hydrogen) atoms. The zero-order valence-corrected chi connectivity index (χ0v) is 16.5. The van der Waals surface area contributed by atoms with E-state index in [9.17, 15) is 0 Å². The zero-order chi connectivity index (χ0) is 15.7. The molecule has 1 aromatic heterocycles. The Hall–Kier alpha value is -0.990. The number of nitrogens with two attached hydrogens (primary N) is 1. The molecule has 0 atom stereocenters. The summed E-state index contributed by atoms with van der Waals surface area (Å²) in [5.74, 6) is 1.24. The highest BCUT2D eigenvalue weighted by Crippen LogP contribution is 2.22. The third-order valence-corrected chi connectivity index (χ3v) is 3.44. The number of ether oxygens (including phenoxy) is 1. The summed E-state index contributed by atoms with van der Waals surface area (Å²) < 4.78 is 7.13. The van der Waals surface area contributed by atoms with E-state index in [1.807, 2.05) is 7.05 Å². The van der Waals surface area contributed by atoms with Gasteiger partial charge in [0.05, 0.1) is 24.9 Å². The molecule has 1 aromatic rings. The Bertz CT molecular complexity index is 459. The fourth-order valence-corrected chi connectivity index (χ4v) is 2.29. The van der Waals surface area contributed by atoms with E-state index in [0.717, 1.165) is 36.5 Å². The number of guanidine groups is 1. The van der Waals surface area contributed by atoms with E-state index in [0.29, 0.717) is 12.5 Å². The number of nitrogens with zero attached hydrogens (tertiary/aromatic N) is 3. The highest BCUT2D eigenvalue weighted by Gasteiger charge is 2.14. The monoisotopic (exact) mass is 423 g/mol. The molecule has 0 aliphatic heterocycles. The van der Waals surface area contributed by atoms with Crippen molar-refractivity contribution in [3.05, 3.63) is 11.3 Å². The Labute approximate surface area is 150 Å². The van der Waals surface area contributed by atoms with Crippen LogP contribution in [0.1, 0.15) is 50.8 Å². The van der Waals surface area contributed by atoms with E-state index in [2.05, 4.69) is 29.3 Å². The number of methoxy groups -OCH3 is 1. The van der Waals surface area contributed by atoms with Crippen LogP contribution in [-0.4, -0.2) is 29.4 Å². The first kappa shape index (κ1) is 21.0. The number of rotatable bonds is 9. The quantitative estimate of drug-likeness (QED) is 0.277. The van der Waals surface area contributed by atoms with Gasteiger partial charge in [-0.05, 0) is 12.8 Å². The number of aryl methyl sites for hydroxylation is 2. The average Bonchev–Trinajstić information content (AvgIpc) is 2.79. The Morgan fingerprint density at radius 2 is 2.05 bits per heavy atom. The minimum absolute atomic E-state index is 0. The molecule has 0 fully saturated rings. The maximum absolute atomic E-state index is 5.90. The predicted molar refractivity (Wildman–Crippen MR) is 102 cm³/mol. The lowest BCUT2D eigenvalue weighted by atomic mass is 10.2. The first-order chi connectivity index (χ1) is 10.1. The summed E-state index contributed by atoms with van der Waals surface area (Å²) in [5.41, 5.74) is 7.92. The van der Waals surface area contributed by atoms with Crippen LogP contribution in [0.5, 0.6) is 5.88 Å². The van der Waals surface area contributed by atoms with Crippen LogP contribution in [-0.2, 0) is 20.0 Å². The van der Waals surface area contributed by atoms with Crippen LogP contribution in [0.3, 0.4) is 0 Å². The lowest BCUT2D eigenvalue weighted by Gasteiger charge is -2.06. The summed E-state index contributed by atoms with van der Waals surface area (Å²) in [6, 6.07) is 0. The molecule has 6 nitrogen and oxygen atoms in total. The lowest BCUT2D eigenvalue weighted by molar-refractivity contribution is 0.369. The van der Waals surface area contributed by atoms with E-state index < -0.39 is 0 Å². The topological polar surface area (TPSA) is 77.5 Å². The molecule has 0 saturated carbocycles.